The van der Waals surface area contributed by atoms with Gasteiger partial charge in [-0.05, 0) is 6.42 Å². The van der Waals surface area contributed by atoms with Crippen molar-refractivity contribution in [3.8, 4) is 0 Å². The number of amides is 1. The molecule has 2 fully saturated rings. The molecule has 2 heterocycles. The largest absolute Gasteiger partial charge is 0.388 e. The van der Waals surface area contributed by atoms with E-state index in [0.717, 1.165) is 0 Å². The molecular formula is C8H13NO4. The summed E-state index contributed by atoms with van der Waals surface area (Å²) in [6.07, 6.45) is -2.14. The minimum Gasteiger partial charge on any atom is -0.388 e. The molecule has 5 unspecified atom stereocenters. The summed E-state index contributed by atoms with van der Waals surface area (Å²) in [5.74, 6) is -0.438. The number of hydrogen-bond acceptors (Lipinski definition) is 4. The zero-order valence-electron chi connectivity index (χ0n) is 7.30. The maximum atomic E-state index is 11.3. The fraction of sp³-hybridized carbons (Fsp3) is 0.875. The minimum atomic E-state index is -0.916. The molecule has 2 aliphatic heterocycles. The number of aliphatic hydroxyl groups excluding tert-OH is 2. The number of nitrogens with one attached hydrogen (secondary N) is 1. The van der Waals surface area contributed by atoms with Gasteiger partial charge < -0.3 is 20.3 Å². The Morgan fingerprint density at radius 1 is 1.46 bits per heavy atom. The van der Waals surface area contributed by atoms with Crippen LogP contribution < -0.4 is 5.32 Å². The Hall–Kier alpha value is -0.650. The first-order valence-electron chi connectivity index (χ1n) is 4.38. The van der Waals surface area contributed by atoms with Gasteiger partial charge in [0.05, 0.1) is 18.1 Å². The SMILES string of the molecule is CNC(=O)C1CC2OC1C(O)C2O. The third-order valence-corrected chi connectivity index (χ3v) is 2.87. The van der Waals surface area contributed by atoms with Crippen molar-refractivity contribution in [3.05, 3.63) is 0 Å². The maximum absolute atomic E-state index is 11.3. The van der Waals surface area contributed by atoms with Gasteiger partial charge in [0.1, 0.15) is 12.2 Å². The van der Waals surface area contributed by atoms with Crippen molar-refractivity contribution < 1.29 is 19.7 Å². The first-order valence-corrected chi connectivity index (χ1v) is 4.38. The lowest BCUT2D eigenvalue weighted by Gasteiger charge is -2.24. The lowest BCUT2D eigenvalue weighted by atomic mass is 9.85. The van der Waals surface area contributed by atoms with Gasteiger partial charge in [-0.15, -0.1) is 0 Å². The lowest BCUT2D eigenvalue weighted by molar-refractivity contribution is -0.128. The number of aliphatic hydroxyl groups is 2. The standard InChI is InChI=1S/C8H13NO4/c1-9-8(12)3-2-4-5(10)6(11)7(3)13-4/h3-7,10-11H,2H2,1H3,(H,9,12). The van der Waals surface area contributed by atoms with Crippen molar-refractivity contribution in [2.45, 2.75) is 30.8 Å². The molecule has 0 saturated carbocycles. The van der Waals surface area contributed by atoms with Crippen molar-refractivity contribution in [1.82, 2.24) is 5.32 Å². The molecule has 0 aromatic heterocycles. The topological polar surface area (TPSA) is 78.8 Å². The Balaban J connectivity index is 2.10. The number of carbonyl (C=O) groups is 1. The molecule has 0 aromatic rings. The van der Waals surface area contributed by atoms with E-state index < -0.39 is 18.3 Å². The normalized spacial score (nSPS) is 48.1. The molecule has 0 radical (unpaired) electrons. The molecule has 2 saturated heterocycles. The highest BCUT2D eigenvalue weighted by atomic mass is 16.5. The van der Waals surface area contributed by atoms with Crippen LogP contribution in [0.4, 0.5) is 0 Å². The van der Waals surface area contributed by atoms with Crippen LogP contribution in [0.25, 0.3) is 0 Å². The van der Waals surface area contributed by atoms with E-state index in [-0.39, 0.29) is 17.9 Å². The maximum Gasteiger partial charge on any atom is 0.225 e. The van der Waals surface area contributed by atoms with E-state index in [9.17, 15) is 15.0 Å². The van der Waals surface area contributed by atoms with E-state index in [2.05, 4.69) is 5.32 Å². The highest BCUT2D eigenvalue weighted by Gasteiger charge is 2.55. The Kier molecular flexibility index (Phi) is 2.02. The first-order chi connectivity index (χ1) is 6.15. The van der Waals surface area contributed by atoms with E-state index in [1.807, 2.05) is 0 Å². The van der Waals surface area contributed by atoms with Gasteiger partial charge in [0.2, 0.25) is 5.91 Å². The molecule has 3 N–H and O–H groups in total. The number of carbonyl (C=O) groups excluding carboxylic acids is 1. The van der Waals surface area contributed by atoms with Crippen molar-refractivity contribution in [3.63, 3.8) is 0 Å². The van der Waals surface area contributed by atoms with Crippen LogP contribution in [0.15, 0.2) is 0 Å². The molecule has 0 aliphatic carbocycles. The molecule has 13 heavy (non-hydrogen) atoms. The molecule has 5 nitrogen and oxygen atoms in total. The molecule has 5 heteroatoms. The van der Waals surface area contributed by atoms with Gasteiger partial charge in [-0.3, -0.25) is 4.79 Å². The van der Waals surface area contributed by atoms with Crippen LogP contribution in [-0.4, -0.2) is 47.6 Å². The second-order valence-corrected chi connectivity index (χ2v) is 3.58. The predicted octanol–water partition coefficient (Wildman–Crippen LogP) is -1.76. The van der Waals surface area contributed by atoms with E-state index in [0.29, 0.717) is 6.42 Å². The van der Waals surface area contributed by atoms with Gasteiger partial charge in [0, 0.05) is 7.05 Å². The van der Waals surface area contributed by atoms with Crippen molar-refractivity contribution in [1.29, 1.82) is 0 Å². The summed E-state index contributed by atoms with van der Waals surface area (Å²) in [6.45, 7) is 0. The van der Waals surface area contributed by atoms with E-state index in [4.69, 9.17) is 4.74 Å². The summed E-state index contributed by atoms with van der Waals surface area (Å²) in [7, 11) is 1.55. The van der Waals surface area contributed by atoms with Crippen LogP contribution in [0.2, 0.25) is 0 Å². The van der Waals surface area contributed by atoms with Crippen molar-refractivity contribution in [2.75, 3.05) is 7.05 Å². The van der Waals surface area contributed by atoms with Crippen LogP contribution in [0, 0.1) is 5.92 Å². The van der Waals surface area contributed by atoms with Crippen molar-refractivity contribution in [2.24, 2.45) is 5.92 Å². The fourth-order valence-electron chi connectivity index (χ4n) is 2.13. The summed E-state index contributed by atoms with van der Waals surface area (Å²) in [4.78, 5) is 11.3. The second-order valence-electron chi connectivity index (χ2n) is 3.58. The number of fused-ring (bicyclic) bond motifs is 2. The number of rotatable bonds is 1. The van der Waals surface area contributed by atoms with Gasteiger partial charge in [-0.25, -0.2) is 0 Å². The number of hydrogen-bond donors (Lipinski definition) is 3. The summed E-state index contributed by atoms with van der Waals surface area (Å²) in [5.41, 5.74) is 0. The highest BCUT2D eigenvalue weighted by molar-refractivity contribution is 5.79. The summed E-state index contributed by atoms with van der Waals surface area (Å²) < 4.78 is 5.27. The van der Waals surface area contributed by atoms with Crippen LogP contribution in [0.1, 0.15) is 6.42 Å². The third-order valence-electron chi connectivity index (χ3n) is 2.87. The fourth-order valence-corrected chi connectivity index (χ4v) is 2.13. The smallest absolute Gasteiger partial charge is 0.225 e. The van der Waals surface area contributed by atoms with Crippen LogP contribution in [0.3, 0.4) is 0 Å². The predicted molar refractivity (Wildman–Crippen MR) is 42.8 cm³/mol. The summed E-state index contributed by atoms with van der Waals surface area (Å²) >= 11 is 0. The zero-order chi connectivity index (χ0) is 9.59. The van der Waals surface area contributed by atoms with E-state index in [1.165, 1.54) is 0 Å². The average Bonchev–Trinajstić information content (AvgIpc) is 2.67. The lowest BCUT2D eigenvalue weighted by Crippen LogP contribution is -2.46. The highest BCUT2D eigenvalue weighted by Crippen LogP contribution is 2.39. The molecule has 2 bridgehead atoms. The molecule has 5 atom stereocenters. The molecule has 1 amide bonds. The molecule has 74 valence electrons. The Bertz CT molecular complexity index is 230. The molecule has 0 aromatic carbocycles. The van der Waals surface area contributed by atoms with Crippen LogP contribution >= 0.6 is 0 Å². The molecule has 0 spiro atoms. The van der Waals surface area contributed by atoms with Gasteiger partial charge in [0.15, 0.2) is 0 Å². The quantitative estimate of drug-likeness (QED) is 0.454. The summed E-state index contributed by atoms with van der Waals surface area (Å²) in [5, 5.41) is 21.3. The molecular weight excluding hydrogens is 174 g/mol. The first kappa shape index (κ1) is 8.93. The van der Waals surface area contributed by atoms with Crippen LogP contribution in [-0.2, 0) is 9.53 Å². The zero-order valence-corrected chi connectivity index (χ0v) is 7.30. The second kappa shape index (κ2) is 2.94. The Morgan fingerprint density at radius 2 is 2.15 bits per heavy atom. The van der Waals surface area contributed by atoms with E-state index >= 15 is 0 Å². The third kappa shape index (κ3) is 1.15. The van der Waals surface area contributed by atoms with Gasteiger partial charge in [-0.2, -0.15) is 0 Å². The Morgan fingerprint density at radius 3 is 2.62 bits per heavy atom. The van der Waals surface area contributed by atoms with Crippen molar-refractivity contribution >= 4 is 5.91 Å². The van der Waals surface area contributed by atoms with Gasteiger partial charge in [-0.1, -0.05) is 0 Å². The van der Waals surface area contributed by atoms with Crippen LogP contribution in [0.5, 0.6) is 0 Å². The van der Waals surface area contributed by atoms with E-state index in [1.54, 1.807) is 7.05 Å². The number of ether oxygens (including phenoxy) is 1. The molecule has 2 aliphatic rings. The molecule has 2 rings (SSSR count). The van der Waals surface area contributed by atoms with Gasteiger partial charge >= 0.3 is 0 Å². The monoisotopic (exact) mass is 187 g/mol. The minimum absolute atomic E-state index is 0.126. The summed E-state index contributed by atoms with van der Waals surface area (Å²) in [6, 6.07) is 0. The average molecular weight is 187 g/mol. The van der Waals surface area contributed by atoms with Gasteiger partial charge in [0.25, 0.3) is 0 Å². The Labute approximate surface area is 75.7 Å².